The van der Waals surface area contributed by atoms with Crippen LogP contribution in [0.4, 0.5) is 5.69 Å². The van der Waals surface area contributed by atoms with Gasteiger partial charge in [0.2, 0.25) is 0 Å². The molecule has 0 aliphatic rings. The zero-order valence-electron chi connectivity index (χ0n) is 12.9. The van der Waals surface area contributed by atoms with Crippen molar-refractivity contribution in [3.8, 4) is 5.75 Å². The van der Waals surface area contributed by atoms with Gasteiger partial charge in [0.05, 0.1) is 0 Å². The lowest BCUT2D eigenvalue weighted by molar-refractivity contribution is 0.0991. The zero-order chi connectivity index (χ0) is 15.6. The average Bonchev–Trinajstić information content (AvgIpc) is 2.45. The molecule has 0 spiro atoms. The van der Waals surface area contributed by atoms with Crippen molar-refractivity contribution in [3.63, 3.8) is 0 Å². The van der Waals surface area contributed by atoms with Crippen LogP contribution in [0.2, 0.25) is 0 Å². The predicted molar refractivity (Wildman–Crippen MR) is 86.0 cm³/mol. The smallest absolute Gasteiger partial charge is 0.258 e. The Bertz CT molecular complexity index is 639. The van der Waals surface area contributed by atoms with Gasteiger partial charge in [-0.1, -0.05) is 39.0 Å². The van der Waals surface area contributed by atoms with Gasteiger partial charge in [0.25, 0.3) is 5.91 Å². The van der Waals surface area contributed by atoms with Gasteiger partial charge in [-0.2, -0.15) is 0 Å². The van der Waals surface area contributed by atoms with E-state index < -0.39 is 0 Å². The van der Waals surface area contributed by atoms with Crippen molar-refractivity contribution >= 4 is 11.6 Å². The topological polar surface area (TPSA) is 40.5 Å². The number of anilines is 1. The fraction of sp³-hybridized carbons (Fsp3) is 0.278. The summed E-state index contributed by atoms with van der Waals surface area (Å²) in [4.78, 5) is 14.4. The number of benzene rings is 2. The number of nitrogens with zero attached hydrogens (tertiary/aromatic N) is 1. The molecule has 3 heteroatoms. The van der Waals surface area contributed by atoms with Crippen molar-refractivity contribution in [3.05, 3.63) is 59.7 Å². The number of phenolic OH excluding ortho intramolecular Hbond substituents is 1. The number of aromatic hydroxyl groups is 1. The molecular formula is C18H21NO2. The normalized spacial score (nSPS) is 11.2. The lowest BCUT2D eigenvalue weighted by Crippen LogP contribution is -2.29. The third-order valence-corrected chi connectivity index (χ3v) is 3.51. The first-order valence-electron chi connectivity index (χ1n) is 6.97. The number of rotatable bonds is 2. The van der Waals surface area contributed by atoms with E-state index in [1.807, 2.05) is 24.3 Å². The van der Waals surface area contributed by atoms with Gasteiger partial charge in [0.1, 0.15) is 5.75 Å². The van der Waals surface area contributed by atoms with Crippen molar-refractivity contribution in [2.24, 2.45) is 0 Å². The molecule has 2 aromatic rings. The summed E-state index contributed by atoms with van der Waals surface area (Å²) in [6.45, 7) is 6.29. The number of amides is 1. The monoisotopic (exact) mass is 283 g/mol. The van der Waals surface area contributed by atoms with Crippen molar-refractivity contribution in [1.29, 1.82) is 0 Å². The third-order valence-electron chi connectivity index (χ3n) is 3.51. The molecule has 0 heterocycles. The van der Waals surface area contributed by atoms with Crippen LogP contribution in [-0.4, -0.2) is 18.1 Å². The van der Waals surface area contributed by atoms with Gasteiger partial charge >= 0.3 is 0 Å². The first-order valence-corrected chi connectivity index (χ1v) is 6.97. The molecule has 2 aromatic carbocycles. The van der Waals surface area contributed by atoms with E-state index in [2.05, 4.69) is 20.8 Å². The van der Waals surface area contributed by atoms with Crippen LogP contribution in [0.1, 0.15) is 36.7 Å². The maximum Gasteiger partial charge on any atom is 0.258 e. The molecule has 0 bridgehead atoms. The molecule has 0 saturated heterocycles. The maximum absolute atomic E-state index is 12.8. The van der Waals surface area contributed by atoms with Crippen LogP contribution >= 0.6 is 0 Å². The molecule has 21 heavy (non-hydrogen) atoms. The van der Waals surface area contributed by atoms with Gasteiger partial charge < -0.3 is 10.0 Å². The Labute approximate surface area is 125 Å². The summed E-state index contributed by atoms with van der Waals surface area (Å²) < 4.78 is 0. The molecule has 2 rings (SSSR count). The highest BCUT2D eigenvalue weighted by Gasteiger charge is 2.23. The minimum absolute atomic E-state index is 0.0498. The van der Waals surface area contributed by atoms with Gasteiger partial charge in [-0.25, -0.2) is 0 Å². The van der Waals surface area contributed by atoms with E-state index >= 15 is 0 Å². The largest absolute Gasteiger partial charge is 0.508 e. The summed E-state index contributed by atoms with van der Waals surface area (Å²) in [5.74, 6) is 0.140. The zero-order valence-corrected chi connectivity index (χ0v) is 12.9. The second kappa shape index (κ2) is 5.60. The molecule has 0 aliphatic heterocycles. The Morgan fingerprint density at radius 2 is 1.57 bits per heavy atom. The molecule has 0 unspecified atom stereocenters. The Morgan fingerprint density at radius 1 is 1.00 bits per heavy atom. The summed E-state index contributed by atoms with van der Waals surface area (Å²) in [5.41, 5.74) is 2.39. The minimum Gasteiger partial charge on any atom is -0.508 e. The fourth-order valence-electron chi connectivity index (χ4n) is 2.30. The quantitative estimate of drug-likeness (QED) is 0.906. The van der Waals surface area contributed by atoms with Crippen LogP contribution in [0, 0.1) is 0 Å². The Kier molecular flexibility index (Phi) is 4.03. The van der Waals surface area contributed by atoms with E-state index in [-0.39, 0.29) is 17.1 Å². The molecule has 0 atom stereocenters. The number of phenols is 1. The number of carbonyl (C=O) groups excluding carboxylic acids is 1. The van der Waals surface area contributed by atoms with Gasteiger partial charge in [0, 0.05) is 18.3 Å². The molecule has 0 fully saturated rings. The highest BCUT2D eigenvalue weighted by atomic mass is 16.3. The first-order chi connectivity index (χ1) is 9.80. The molecule has 3 nitrogen and oxygen atoms in total. The van der Waals surface area contributed by atoms with Crippen LogP contribution in [-0.2, 0) is 5.41 Å². The molecule has 0 aromatic heterocycles. The maximum atomic E-state index is 12.8. The lowest BCUT2D eigenvalue weighted by Gasteiger charge is -2.25. The van der Waals surface area contributed by atoms with E-state index in [0.717, 1.165) is 11.3 Å². The second-order valence-electron chi connectivity index (χ2n) is 6.18. The lowest BCUT2D eigenvalue weighted by atomic mass is 9.83. The van der Waals surface area contributed by atoms with Crippen molar-refractivity contribution in [2.75, 3.05) is 11.9 Å². The summed E-state index contributed by atoms with van der Waals surface area (Å²) >= 11 is 0. The van der Waals surface area contributed by atoms with Gasteiger partial charge in [-0.05, 0) is 41.3 Å². The molecule has 1 amide bonds. The molecule has 110 valence electrons. The standard InChI is InChI=1S/C18H21NO2/c1-18(2,3)16-8-6-5-7-15(16)17(21)19(4)13-9-11-14(20)12-10-13/h5-12,20H,1-4H3. The fourth-order valence-corrected chi connectivity index (χ4v) is 2.30. The summed E-state index contributed by atoms with van der Waals surface area (Å²) in [5, 5.41) is 9.34. The predicted octanol–water partition coefficient (Wildman–Crippen LogP) is 3.97. The molecule has 0 radical (unpaired) electrons. The summed E-state index contributed by atoms with van der Waals surface area (Å²) in [6.07, 6.45) is 0. The Morgan fingerprint density at radius 3 is 2.14 bits per heavy atom. The van der Waals surface area contributed by atoms with Crippen LogP contribution < -0.4 is 4.90 Å². The minimum atomic E-state index is -0.0952. The number of hydrogen-bond donors (Lipinski definition) is 1. The van der Waals surface area contributed by atoms with Crippen molar-refractivity contribution < 1.29 is 9.90 Å². The summed E-state index contributed by atoms with van der Waals surface area (Å²) in [6, 6.07) is 14.3. The van der Waals surface area contributed by atoms with E-state index in [1.165, 1.54) is 0 Å². The molecule has 1 N–H and O–H groups in total. The van der Waals surface area contributed by atoms with E-state index in [4.69, 9.17) is 0 Å². The Hall–Kier alpha value is -2.29. The van der Waals surface area contributed by atoms with Crippen LogP contribution in [0.5, 0.6) is 5.75 Å². The SMILES string of the molecule is CN(C(=O)c1ccccc1C(C)(C)C)c1ccc(O)cc1. The summed E-state index contributed by atoms with van der Waals surface area (Å²) in [7, 11) is 1.74. The third kappa shape index (κ3) is 3.24. The second-order valence-corrected chi connectivity index (χ2v) is 6.18. The molecule has 0 saturated carbocycles. The highest BCUT2D eigenvalue weighted by Crippen LogP contribution is 2.27. The number of hydrogen-bond acceptors (Lipinski definition) is 2. The van der Waals surface area contributed by atoms with Crippen molar-refractivity contribution in [2.45, 2.75) is 26.2 Å². The molecular weight excluding hydrogens is 262 g/mol. The van der Waals surface area contributed by atoms with Crippen LogP contribution in [0.15, 0.2) is 48.5 Å². The number of carbonyl (C=O) groups is 1. The molecule has 0 aliphatic carbocycles. The average molecular weight is 283 g/mol. The highest BCUT2D eigenvalue weighted by molar-refractivity contribution is 6.06. The van der Waals surface area contributed by atoms with E-state index in [1.54, 1.807) is 36.2 Å². The van der Waals surface area contributed by atoms with Crippen molar-refractivity contribution in [1.82, 2.24) is 0 Å². The first kappa shape index (κ1) is 15.1. The van der Waals surface area contributed by atoms with Gasteiger partial charge in [-0.3, -0.25) is 4.79 Å². The van der Waals surface area contributed by atoms with E-state index in [9.17, 15) is 9.90 Å². The van der Waals surface area contributed by atoms with Gasteiger partial charge in [-0.15, -0.1) is 0 Å². The Balaban J connectivity index is 2.38. The van der Waals surface area contributed by atoms with Crippen LogP contribution in [0.25, 0.3) is 0 Å². The van der Waals surface area contributed by atoms with Crippen LogP contribution in [0.3, 0.4) is 0 Å². The van der Waals surface area contributed by atoms with Gasteiger partial charge in [0.15, 0.2) is 0 Å². The van der Waals surface area contributed by atoms with E-state index in [0.29, 0.717) is 5.56 Å².